The van der Waals surface area contributed by atoms with Crippen LogP contribution in [-0.4, -0.2) is 21.5 Å². The van der Waals surface area contributed by atoms with Crippen molar-refractivity contribution in [1.82, 2.24) is 15.0 Å². The Morgan fingerprint density at radius 3 is 2.94 bits per heavy atom. The number of thioether (sulfide) groups is 1. The zero-order valence-electron chi connectivity index (χ0n) is 9.93. The van der Waals surface area contributed by atoms with E-state index in [1.165, 1.54) is 0 Å². The molecule has 0 bridgehead atoms. The number of hydrogen-bond acceptors (Lipinski definition) is 5. The summed E-state index contributed by atoms with van der Waals surface area (Å²) in [6, 6.07) is 5.55. The molecule has 2 heterocycles. The maximum absolute atomic E-state index is 6.04. The standard InChI is InChI=1S/C12H13ClN4S/c1-2-14-12-16-7-5-9(17-12)8-18-11-10(13)4-3-6-15-11/h3-7H,2,8H2,1H3,(H,14,16,17). The van der Waals surface area contributed by atoms with E-state index in [1.807, 2.05) is 25.1 Å². The summed E-state index contributed by atoms with van der Waals surface area (Å²) in [7, 11) is 0. The lowest BCUT2D eigenvalue weighted by Gasteiger charge is -2.04. The van der Waals surface area contributed by atoms with Crippen LogP contribution in [0, 0.1) is 0 Å². The van der Waals surface area contributed by atoms with Crippen LogP contribution in [0.5, 0.6) is 0 Å². The maximum Gasteiger partial charge on any atom is 0.222 e. The molecule has 0 aromatic carbocycles. The molecule has 4 nitrogen and oxygen atoms in total. The number of pyridine rings is 1. The Morgan fingerprint density at radius 1 is 1.28 bits per heavy atom. The Hall–Kier alpha value is -1.33. The Labute approximate surface area is 115 Å². The molecule has 0 spiro atoms. The molecule has 6 heteroatoms. The summed E-state index contributed by atoms with van der Waals surface area (Å²) in [4.78, 5) is 12.7. The van der Waals surface area contributed by atoms with Crippen molar-refractivity contribution in [3.8, 4) is 0 Å². The van der Waals surface area contributed by atoms with E-state index < -0.39 is 0 Å². The van der Waals surface area contributed by atoms with Crippen molar-refractivity contribution >= 4 is 29.3 Å². The molecule has 0 atom stereocenters. The third-order valence-electron chi connectivity index (χ3n) is 2.13. The molecule has 2 aromatic rings. The van der Waals surface area contributed by atoms with Gasteiger partial charge in [0, 0.05) is 24.7 Å². The molecule has 18 heavy (non-hydrogen) atoms. The molecule has 0 unspecified atom stereocenters. The molecule has 0 fully saturated rings. The van der Waals surface area contributed by atoms with Gasteiger partial charge in [0.05, 0.1) is 10.7 Å². The summed E-state index contributed by atoms with van der Waals surface area (Å²) in [5.41, 5.74) is 0.952. The second-order valence-electron chi connectivity index (χ2n) is 3.48. The smallest absolute Gasteiger partial charge is 0.222 e. The molecule has 94 valence electrons. The van der Waals surface area contributed by atoms with E-state index in [9.17, 15) is 0 Å². The van der Waals surface area contributed by atoms with E-state index in [-0.39, 0.29) is 0 Å². The number of aromatic nitrogens is 3. The van der Waals surface area contributed by atoms with Gasteiger partial charge in [0.2, 0.25) is 5.95 Å². The van der Waals surface area contributed by atoms with Gasteiger partial charge in [-0.25, -0.2) is 15.0 Å². The molecule has 1 N–H and O–H groups in total. The highest BCUT2D eigenvalue weighted by atomic mass is 35.5. The molecular weight excluding hydrogens is 268 g/mol. The van der Waals surface area contributed by atoms with E-state index in [0.717, 1.165) is 23.0 Å². The molecule has 2 aromatic heterocycles. The number of halogens is 1. The number of hydrogen-bond donors (Lipinski definition) is 1. The molecule has 0 radical (unpaired) electrons. The highest BCUT2D eigenvalue weighted by molar-refractivity contribution is 7.98. The minimum atomic E-state index is 0.655. The largest absolute Gasteiger partial charge is 0.354 e. The van der Waals surface area contributed by atoms with Crippen LogP contribution in [0.15, 0.2) is 35.6 Å². The first-order chi connectivity index (χ1) is 8.79. The molecule has 0 aliphatic heterocycles. The van der Waals surface area contributed by atoms with Crippen LogP contribution in [-0.2, 0) is 5.75 Å². The number of nitrogens with one attached hydrogen (secondary N) is 1. The average Bonchev–Trinajstić information content (AvgIpc) is 2.39. The highest BCUT2D eigenvalue weighted by Gasteiger charge is 2.04. The quantitative estimate of drug-likeness (QED) is 0.852. The fraction of sp³-hybridized carbons (Fsp3) is 0.250. The molecule has 2 rings (SSSR count). The van der Waals surface area contributed by atoms with Gasteiger partial charge in [-0.1, -0.05) is 23.4 Å². The van der Waals surface area contributed by atoms with Gasteiger partial charge >= 0.3 is 0 Å². The Balaban J connectivity index is 2.02. The molecule has 0 saturated carbocycles. The van der Waals surface area contributed by atoms with Crippen LogP contribution in [0.2, 0.25) is 5.02 Å². The highest BCUT2D eigenvalue weighted by Crippen LogP contribution is 2.26. The number of rotatable bonds is 5. The van der Waals surface area contributed by atoms with Crippen molar-refractivity contribution in [2.24, 2.45) is 0 Å². The van der Waals surface area contributed by atoms with Crippen molar-refractivity contribution in [3.05, 3.63) is 41.3 Å². The van der Waals surface area contributed by atoms with Gasteiger partial charge < -0.3 is 5.32 Å². The van der Waals surface area contributed by atoms with Gasteiger partial charge in [0.1, 0.15) is 5.03 Å². The zero-order valence-corrected chi connectivity index (χ0v) is 11.5. The van der Waals surface area contributed by atoms with Crippen LogP contribution >= 0.6 is 23.4 Å². The average molecular weight is 281 g/mol. The van der Waals surface area contributed by atoms with Crippen LogP contribution in [0.1, 0.15) is 12.6 Å². The lowest BCUT2D eigenvalue weighted by molar-refractivity contribution is 1.04. The predicted octanol–water partition coefficient (Wildman–Crippen LogP) is 3.25. The Bertz CT molecular complexity index is 521. The monoisotopic (exact) mass is 280 g/mol. The lowest BCUT2D eigenvalue weighted by Crippen LogP contribution is -2.03. The third-order valence-corrected chi connectivity index (χ3v) is 3.59. The Kier molecular flexibility index (Phi) is 4.78. The first-order valence-electron chi connectivity index (χ1n) is 5.58. The van der Waals surface area contributed by atoms with Gasteiger partial charge in [-0.15, -0.1) is 0 Å². The SMILES string of the molecule is CCNc1nccc(CSc2ncccc2Cl)n1. The minimum absolute atomic E-state index is 0.655. The van der Waals surface area contributed by atoms with Crippen molar-refractivity contribution in [1.29, 1.82) is 0 Å². The first-order valence-corrected chi connectivity index (χ1v) is 6.95. The normalized spacial score (nSPS) is 10.3. The minimum Gasteiger partial charge on any atom is -0.354 e. The van der Waals surface area contributed by atoms with E-state index in [2.05, 4.69) is 20.3 Å². The van der Waals surface area contributed by atoms with Crippen LogP contribution in [0.25, 0.3) is 0 Å². The summed E-state index contributed by atoms with van der Waals surface area (Å²) in [6.07, 6.45) is 3.49. The molecule has 0 saturated heterocycles. The van der Waals surface area contributed by atoms with Crippen molar-refractivity contribution in [3.63, 3.8) is 0 Å². The Morgan fingerprint density at radius 2 is 2.17 bits per heavy atom. The van der Waals surface area contributed by atoms with Gasteiger partial charge in [-0.3, -0.25) is 0 Å². The maximum atomic E-state index is 6.04. The fourth-order valence-corrected chi connectivity index (χ4v) is 2.41. The summed E-state index contributed by atoms with van der Waals surface area (Å²) in [6.45, 7) is 2.82. The lowest BCUT2D eigenvalue weighted by atomic mass is 10.4. The molecule has 0 amide bonds. The summed E-state index contributed by atoms with van der Waals surface area (Å²) >= 11 is 7.61. The van der Waals surface area contributed by atoms with E-state index in [4.69, 9.17) is 11.6 Å². The second-order valence-corrected chi connectivity index (χ2v) is 4.85. The van der Waals surface area contributed by atoms with E-state index in [1.54, 1.807) is 24.2 Å². The van der Waals surface area contributed by atoms with Crippen molar-refractivity contribution < 1.29 is 0 Å². The second kappa shape index (κ2) is 6.56. The van der Waals surface area contributed by atoms with Crippen LogP contribution < -0.4 is 5.32 Å². The van der Waals surface area contributed by atoms with Crippen LogP contribution in [0.4, 0.5) is 5.95 Å². The molecule has 0 aliphatic rings. The third kappa shape index (κ3) is 3.58. The van der Waals surface area contributed by atoms with Crippen molar-refractivity contribution in [2.75, 3.05) is 11.9 Å². The summed E-state index contributed by atoms with van der Waals surface area (Å²) < 4.78 is 0. The van der Waals surface area contributed by atoms with Gasteiger partial charge in [-0.2, -0.15) is 0 Å². The predicted molar refractivity (Wildman–Crippen MR) is 75.0 cm³/mol. The van der Waals surface area contributed by atoms with Gasteiger partial charge in [-0.05, 0) is 25.1 Å². The topological polar surface area (TPSA) is 50.7 Å². The fourth-order valence-electron chi connectivity index (χ4n) is 1.34. The first kappa shape index (κ1) is 13.1. The van der Waals surface area contributed by atoms with Gasteiger partial charge in [0.15, 0.2) is 0 Å². The van der Waals surface area contributed by atoms with Crippen LogP contribution in [0.3, 0.4) is 0 Å². The molecule has 0 aliphatic carbocycles. The summed E-state index contributed by atoms with van der Waals surface area (Å²) in [5, 5.41) is 4.58. The summed E-state index contributed by atoms with van der Waals surface area (Å²) in [5.74, 6) is 1.38. The van der Waals surface area contributed by atoms with Gasteiger partial charge in [0.25, 0.3) is 0 Å². The van der Waals surface area contributed by atoms with Crippen molar-refractivity contribution in [2.45, 2.75) is 17.7 Å². The number of anilines is 1. The van der Waals surface area contributed by atoms with E-state index in [0.29, 0.717) is 11.0 Å². The zero-order chi connectivity index (χ0) is 12.8. The number of nitrogens with zero attached hydrogens (tertiary/aromatic N) is 3. The molecular formula is C12H13ClN4S. The van der Waals surface area contributed by atoms with E-state index >= 15 is 0 Å².